The van der Waals surface area contributed by atoms with E-state index in [1.807, 2.05) is 68.4 Å². The lowest BCUT2D eigenvalue weighted by atomic mass is 10.0. The SMILES string of the molecule is CCCNC(=O)C(Cc1ccccc1)N(Cc1cccc(C)c1)C(=O)CN(c1cccc(Cl)c1C)S(C)(=O)=O. The zero-order chi connectivity index (χ0) is 28.6. The third-order valence-electron chi connectivity index (χ3n) is 6.44. The molecule has 0 aliphatic rings. The number of aryl methyl sites for hydroxylation is 1. The molecule has 0 heterocycles. The maximum Gasteiger partial charge on any atom is 0.244 e. The zero-order valence-corrected chi connectivity index (χ0v) is 24.4. The van der Waals surface area contributed by atoms with Crippen LogP contribution in [0, 0.1) is 13.8 Å². The molecule has 3 aromatic carbocycles. The fourth-order valence-electron chi connectivity index (χ4n) is 4.39. The van der Waals surface area contributed by atoms with Crippen LogP contribution in [0.5, 0.6) is 0 Å². The summed E-state index contributed by atoms with van der Waals surface area (Å²) in [7, 11) is -3.86. The first-order valence-electron chi connectivity index (χ1n) is 12.9. The summed E-state index contributed by atoms with van der Waals surface area (Å²) in [6.07, 6.45) is 2.08. The van der Waals surface area contributed by atoms with Crippen LogP contribution in [-0.2, 0) is 32.6 Å². The second-order valence-electron chi connectivity index (χ2n) is 9.66. The van der Waals surface area contributed by atoms with Crippen molar-refractivity contribution in [2.75, 3.05) is 23.7 Å². The van der Waals surface area contributed by atoms with Gasteiger partial charge in [0.05, 0.1) is 11.9 Å². The summed E-state index contributed by atoms with van der Waals surface area (Å²) in [5.74, 6) is -0.777. The molecule has 0 aromatic heterocycles. The van der Waals surface area contributed by atoms with Crippen molar-refractivity contribution in [3.8, 4) is 0 Å². The summed E-state index contributed by atoms with van der Waals surface area (Å²) in [6.45, 7) is 5.76. The van der Waals surface area contributed by atoms with Crippen LogP contribution in [-0.4, -0.2) is 50.5 Å². The van der Waals surface area contributed by atoms with Crippen LogP contribution in [0.4, 0.5) is 5.69 Å². The van der Waals surface area contributed by atoms with Gasteiger partial charge in [-0.15, -0.1) is 0 Å². The van der Waals surface area contributed by atoms with Crippen LogP contribution in [0.3, 0.4) is 0 Å². The first kappa shape index (κ1) is 30.2. The molecule has 0 spiro atoms. The molecule has 0 fully saturated rings. The molecular formula is C30H36ClN3O4S. The highest BCUT2D eigenvalue weighted by Gasteiger charge is 2.33. The number of carbonyl (C=O) groups excluding carboxylic acids is 2. The van der Waals surface area contributed by atoms with Gasteiger partial charge in [-0.2, -0.15) is 0 Å². The Morgan fingerprint density at radius 1 is 0.949 bits per heavy atom. The predicted molar refractivity (Wildman–Crippen MR) is 157 cm³/mol. The number of hydrogen-bond acceptors (Lipinski definition) is 4. The van der Waals surface area contributed by atoms with Crippen molar-refractivity contribution in [3.63, 3.8) is 0 Å². The maximum atomic E-state index is 14.1. The number of nitrogens with one attached hydrogen (secondary N) is 1. The zero-order valence-electron chi connectivity index (χ0n) is 22.9. The third kappa shape index (κ3) is 8.31. The Morgan fingerprint density at radius 2 is 1.62 bits per heavy atom. The van der Waals surface area contributed by atoms with Gasteiger partial charge in [-0.25, -0.2) is 8.42 Å². The van der Waals surface area contributed by atoms with Gasteiger partial charge in [-0.3, -0.25) is 13.9 Å². The molecule has 3 rings (SSSR count). The highest BCUT2D eigenvalue weighted by Crippen LogP contribution is 2.28. The first-order valence-corrected chi connectivity index (χ1v) is 15.1. The number of amides is 2. The molecule has 2 amide bonds. The van der Waals surface area contributed by atoms with E-state index in [0.29, 0.717) is 22.8 Å². The van der Waals surface area contributed by atoms with Crippen molar-refractivity contribution in [1.29, 1.82) is 0 Å². The molecule has 0 aliphatic heterocycles. The minimum absolute atomic E-state index is 0.143. The normalized spacial score (nSPS) is 12.0. The molecule has 1 N–H and O–H groups in total. The Bertz CT molecular complexity index is 1400. The smallest absolute Gasteiger partial charge is 0.244 e. The van der Waals surface area contributed by atoms with E-state index in [1.54, 1.807) is 25.1 Å². The fraction of sp³-hybridized carbons (Fsp3) is 0.333. The van der Waals surface area contributed by atoms with Crippen molar-refractivity contribution in [2.45, 2.75) is 46.2 Å². The Kier molecular flexibility index (Phi) is 10.5. The summed E-state index contributed by atoms with van der Waals surface area (Å²) in [6, 6.07) is 21.3. The van der Waals surface area contributed by atoms with Gasteiger partial charge in [0.15, 0.2) is 0 Å². The largest absolute Gasteiger partial charge is 0.354 e. The number of hydrogen-bond donors (Lipinski definition) is 1. The van der Waals surface area contributed by atoms with Gasteiger partial charge >= 0.3 is 0 Å². The van der Waals surface area contributed by atoms with Gasteiger partial charge in [0.2, 0.25) is 21.8 Å². The minimum atomic E-state index is -3.86. The van der Waals surface area contributed by atoms with Crippen molar-refractivity contribution in [1.82, 2.24) is 10.2 Å². The lowest BCUT2D eigenvalue weighted by Gasteiger charge is -2.34. The highest BCUT2D eigenvalue weighted by atomic mass is 35.5. The van der Waals surface area contributed by atoms with Crippen LogP contribution in [0.2, 0.25) is 5.02 Å². The van der Waals surface area contributed by atoms with E-state index in [1.165, 1.54) is 4.90 Å². The van der Waals surface area contributed by atoms with E-state index in [-0.39, 0.29) is 18.9 Å². The highest BCUT2D eigenvalue weighted by molar-refractivity contribution is 7.92. The molecule has 208 valence electrons. The lowest BCUT2D eigenvalue weighted by molar-refractivity contribution is -0.140. The molecule has 0 saturated heterocycles. The van der Waals surface area contributed by atoms with Crippen molar-refractivity contribution in [2.24, 2.45) is 0 Å². The van der Waals surface area contributed by atoms with Gasteiger partial charge in [0.1, 0.15) is 12.6 Å². The predicted octanol–water partition coefficient (Wildman–Crippen LogP) is 4.89. The summed E-state index contributed by atoms with van der Waals surface area (Å²) in [5, 5.41) is 3.33. The second-order valence-corrected chi connectivity index (χ2v) is 12.0. The molecule has 9 heteroatoms. The topological polar surface area (TPSA) is 86.8 Å². The van der Waals surface area contributed by atoms with E-state index < -0.39 is 28.5 Å². The van der Waals surface area contributed by atoms with Crippen molar-refractivity contribution in [3.05, 3.63) is 100 Å². The molecule has 1 unspecified atom stereocenters. The average molecular weight is 570 g/mol. The van der Waals surface area contributed by atoms with Crippen LogP contribution < -0.4 is 9.62 Å². The van der Waals surface area contributed by atoms with E-state index >= 15 is 0 Å². The van der Waals surface area contributed by atoms with Gasteiger partial charge in [-0.05, 0) is 49.1 Å². The number of rotatable bonds is 12. The molecule has 0 saturated carbocycles. The Hall–Kier alpha value is -3.36. The number of anilines is 1. The van der Waals surface area contributed by atoms with Crippen LogP contribution in [0.15, 0.2) is 72.8 Å². The summed E-state index contributed by atoms with van der Waals surface area (Å²) in [4.78, 5) is 29.1. The second kappa shape index (κ2) is 13.6. The fourth-order valence-corrected chi connectivity index (χ4v) is 5.46. The van der Waals surface area contributed by atoms with Crippen LogP contribution in [0.25, 0.3) is 0 Å². The van der Waals surface area contributed by atoms with E-state index in [4.69, 9.17) is 11.6 Å². The van der Waals surface area contributed by atoms with Crippen LogP contribution >= 0.6 is 11.6 Å². The van der Waals surface area contributed by atoms with E-state index in [2.05, 4.69) is 5.32 Å². The molecule has 0 radical (unpaired) electrons. The molecule has 1 atom stereocenters. The number of halogens is 1. The number of sulfonamides is 1. The van der Waals surface area contributed by atoms with Crippen LogP contribution in [0.1, 0.15) is 35.6 Å². The standard InChI is InChI=1S/C30H36ClN3O4S/c1-5-17-32-30(36)28(19-24-12-7-6-8-13-24)33(20-25-14-9-11-22(2)18-25)29(35)21-34(39(4,37)38)27-16-10-15-26(31)23(27)3/h6-16,18,28H,5,17,19-21H2,1-4H3,(H,32,36). The molecule has 0 bridgehead atoms. The lowest BCUT2D eigenvalue weighted by Crippen LogP contribution is -2.53. The molecule has 0 aliphatic carbocycles. The maximum absolute atomic E-state index is 14.1. The molecule has 7 nitrogen and oxygen atoms in total. The summed E-state index contributed by atoms with van der Waals surface area (Å²) in [5.41, 5.74) is 3.62. The van der Waals surface area contributed by atoms with Gasteiger partial charge in [0.25, 0.3) is 0 Å². The Balaban J connectivity index is 2.07. The molecule has 39 heavy (non-hydrogen) atoms. The number of benzene rings is 3. The Morgan fingerprint density at radius 3 is 2.26 bits per heavy atom. The Labute approximate surface area is 236 Å². The monoisotopic (exact) mass is 569 g/mol. The summed E-state index contributed by atoms with van der Waals surface area (Å²) >= 11 is 6.29. The van der Waals surface area contributed by atoms with Gasteiger partial charge < -0.3 is 10.2 Å². The number of nitrogens with zero attached hydrogens (tertiary/aromatic N) is 2. The van der Waals surface area contributed by atoms with Crippen molar-refractivity contribution >= 4 is 39.1 Å². The average Bonchev–Trinajstić information content (AvgIpc) is 2.89. The van der Waals surface area contributed by atoms with Gasteiger partial charge in [0, 0.05) is 24.5 Å². The minimum Gasteiger partial charge on any atom is -0.354 e. The molecule has 3 aromatic rings. The van der Waals surface area contributed by atoms with Gasteiger partial charge in [-0.1, -0.05) is 84.8 Å². The quantitative estimate of drug-likeness (QED) is 0.336. The third-order valence-corrected chi connectivity index (χ3v) is 7.98. The summed E-state index contributed by atoms with van der Waals surface area (Å²) < 4.78 is 26.9. The number of carbonyl (C=O) groups is 2. The molecular weight excluding hydrogens is 534 g/mol. The first-order chi connectivity index (χ1) is 18.5. The van der Waals surface area contributed by atoms with E-state index in [0.717, 1.165) is 33.7 Å². The van der Waals surface area contributed by atoms with Crippen molar-refractivity contribution < 1.29 is 18.0 Å². The van der Waals surface area contributed by atoms with E-state index in [9.17, 15) is 18.0 Å².